The van der Waals surface area contributed by atoms with E-state index >= 15 is 0 Å². The Morgan fingerprint density at radius 1 is 0.893 bits per heavy atom. The van der Waals surface area contributed by atoms with Crippen LogP contribution in [0.15, 0.2) is 54.7 Å². The van der Waals surface area contributed by atoms with Crippen LogP contribution < -0.4 is 10.2 Å². The molecular formula is C23H21N5. The fraction of sp³-hybridized carbons (Fsp3) is 0.217. The molecule has 0 bridgehead atoms. The lowest BCUT2D eigenvalue weighted by Gasteiger charge is -2.31. The fourth-order valence-electron chi connectivity index (χ4n) is 4.47. The molecule has 0 saturated heterocycles. The molecule has 2 N–H and O–H groups in total. The zero-order valence-electron chi connectivity index (χ0n) is 15.6. The van der Waals surface area contributed by atoms with Crippen molar-refractivity contribution in [2.45, 2.75) is 26.1 Å². The van der Waals surface area contributed by atoms with Gasteiger partial charge in [-0.05, 0) is 23.6 Å². The van der Waals surface area contributed by atoms with Gasteiger partial charge in [0.05, 0.1) is 5.69 Å². The first-order valence-electron chi connectivity index (χ1n) is 9.85. The van der Waals surface area contributed by atoms with E-state index in [1.165, 1.54) is 22.1 Å². The van der Waals surface area contributed by atoms with Crippen LogP contribution in [0.1, 0.15) is 22.4 Å². The van der Waals surface area contributed by atoms with Gasteiger partial charge in [-0.15, -0.1) is 0 Å². The molecule has 2 aromatic carbocycles. The van der Waals surface area contributed by atoms with Crippen LogP contribution in [0.4, 0.5) is 5.82 Å². The summed E-state index contributed by atoms with van der Waals surface area (Å²) in [5.74, 6) is 1.90. The summed E-state index contributed by atoms with van der Waals surface area (Å²) in [7, 11) is 0. The maximum absolute atomic E-state index is 5.09. The first-order chi connectivity index (χ1) is 13.9. The van der Waals surface area contributed by atoms with E-state index in [0.29, 0.717) is 0 Å². The molecule has 138 valence electrons. The Morgan fingerprint density at radius 3 is 2.71 bits per heavy atom. The van der Waals surface area contributed by atoms with Crippen molar-refractivity contribution in [2.75, 3.05) is 11.4 Å². The highest BCUT2D eigenvalue weighted by molar-refractivity contribution is 5.93. The topological polar surface area (TPSA) is 56.8 Å². The van der Waals surface area contributed by atoms with Gasteiger partial charge in [-0.25, -0.2) is 9.97 Å². The molecule has 2 aliphatic rings. The quantitative estimate of drug-likeness (QED) is 0.566. The van der Waals surface area contributed by atoms with Crippen molar-refractivity contribution in [3.8, 4) is 11.4 Å². The van der Waals surface area contributed by atoms with E-state index in [1.807, 2.05) is 12.3 Å². The van der Waals surface area contributed by atoms with Gasteiger partial charge in [0.25, 0.3) is 0 Å². The van der Waals surface area contributed by atoms with Gasteiger partial charge in [0.1, 0.15) is 5.82 Å². The van der Waals surface area contributed by atoms with Gasteiger partial charge >= 0.3 is 0 Å². The normalized spacial score (nSPS) is 15.6. The summed E-state index contributed by atoms with van der Waals surface area (Å²) in [6.07, 6.45) is 3.09. The second-order valence-electron chi connectivity index (χ2n) is 7.59. The van der Waals surface area contributed by atoms with Gasteiger partial charge in [0.2, 0.25) is 0 Å². The van der Waals surface area contributed by atoms with Crippen LogP contribution >= 0.6 is 0 Å². The van der Waals surface area contributed by atoms with E-state index in [1.54, 1.807) is 0 Å². The highest BCUT2D eigenvalue weighted by Gasteiger charge is 2.26. The number of nitrogens with one attached hydrogen (secondary N) is 2. The van der Waals surface area contributed by atoms with Crippen LogP contribution in [-0.4, -0.2) is 21.5 Å². The second-order valence-corrected chi connectivity index (χ2v) is 7.59. The summed E-state index contributed by atoms with van der Waals surface area (Å²) in [5, 5.41) is 4.63. The molecule has 2 aliphatic heterocycles. The third-order valence-corrected chi connectivity index (χ3v) is 5.93. The molecule has 2 aromatic heterocycles. The number of aromatic nitrogens is 3. The van der Waals surface area contributed by atoms with Gasteiger partial charge in [-0.1, -0.05) is 42.5 Å². The van der Waals surface area contributed by atoms with Crippen molar-refractivity contribution in [1.82, 2.24) is 20.3 Å². The molecule has 0 unspecified atom stereocenters. The monoisotopic (exact) mass is 367 g/mol. The van der Waals surface area contributed by atoms with Crippen LogP contribution in [0.3, 0.4) is 0 Å². The fourth-order valence-corrected chi connectivity index (χ4v) is 4.47. The average Bonchev–Trinajstić information content (AvgIpc) is 3.39. The minimum atomic E-state index is 0.810. The Balaban J connectivity index is 1.48. The Morgan fingerprint density at radius 2 is 1.75 bits per heavy atom. The summed E-state index contributed by atoms with van der Waals surface area (Å²) in [5.41, 5.74) is 7.43. The molecular weight excluding hydrogens is 346 g/mol. The highest BCUT2D eigenvalue weighted by atomic mass is 15.2. The Bertz CT molecular complexity index is 1190. The Hall–Kier alpha value is -3.18. The maximum Gasteiger partial charge on any atom is 0.163 e. The van der Waals surface area contributed by atoms with E-state index in [0.717, 1.165) is 61.0 Å². The van der Waals surface area contributed by atoms with Crippen LogP contribution in [0.25, 0.3) is 22.3 Å². The molecule has 6 rings (SSSR count). The molecule has 0 radical (unpaired) electrons. The zero-order valence-corrected chi connectivity index (χ0v) is 15.6. The smallest absolute Gasteiger partial charge is 0.163 e. The van der Waals surface area contributed by atoms with Crippen LogP contribution in [0.5, 0.6) is 0 Å². The summed E-state index contributed by atoms with van der Waals surface area (Å²) >= 11 is 0. The minimum Gasteiger partial charge on any atom is -0.360 e. The SMILES string of the molecule is c1ccc2c(c1)CCN(c1nc(-c3c[nH]c4ccccc34)nc3c1CNC3)C2. The molecule has 0 atom stereocenters. The molecule has 0 saturated carbocycles. The summed E-state index contributed by atoms with van der Waals surface area (Å²) in [6, 6.07) is 17.1. The lowest BCUT2D eigenvalue weighted by molar-refractivity contribution is 0.711. The van der Waals surface area contributed by atoms with Crippen LogP contribution in [0.2, 0.25) is 0 Å². The average molecular weight is 367 g/mol. The van der Waals surface area contributed by atoms with Crippen LogP contribution in [0, 0.1) is 0 Å². The van der Waals surface area contributed by atoms with Crippen molar-refractivity contribution in [3.63, 3.8) is 0 Å². The molecule has 5 heteroatoms. The van der Waals surface area contributed by atoms with Gasteiger partial charge < -0.3 is 15.2 Å². The van der Waals surface area contributed by atoms with Gasteiger partial charge in [0.15, 0.2) is 5.82 Å². The number of hydrogen-bond donors (Lipinski definition) is 2. The molecule has 0 fully saturated rings. The van der Waals surface area contributed by atoms with E-state index in [4.69, 9.17) is 9.97 Å². The van der Waals surface area contributed by atoms with Crippen molar-refractivity contribution in [1.29, 1.82) is 0 Å². The third kappa shape index (κ3) is 2.43. The van der Waals surface area contributed by atoms with Gasteiger partial charge in [-0.3, -0.25) is 0 Å². The predicted molar refractivity (Wildman–Crippen MR) is 111 cm³/mol. The van der Waals surface area contributed by atoms with Crippen molar-refractivity contribution in [2.24, 2.45) is 0 Å². The Labute approximate surface area is 163 Å². The number of rotatable bonds is 2. The number of benzene rings is 2. The zero-order chi connectivity index (χ0) is 18.5. The van der Waals surface area contributed by atoms with E-state index in [-0.39, 0.29) is 0 Å². The second kappa shape index (κ2) is 6.17. The molecule has 5 nitrogen and oxygen atoms in total. The standard InChI is InChI=1S/C23H21N5/c1-2-6-16-14-28(10-9-15(16)5-1)23-19-11-24-13-21(19)26-22(27-23)18-12-25-20-8-4-3-7-17(18)20/h1-8,12,24-25H,9-11,13-14H2. The number of aromatic amines is 1. The molecule has 4 aromatic rings. The molecule has 0 amide bonds. The van der Waals surface area contributed by atoms with Crippen molar-refractivity contribution in [3.05, 3.63) is 77.1 Å². The summed E-state index contributed by atoms with van der Waals surface area (Å²) < 4.78 is 0. The summed E-state index contributed by atoms with van der Waals surface area (Å²) in [4.78, 5) is 15.8. The lowest BCUT2D eigenvalue weighted by Crippen LogP contribution is -2.32. The van der Waals surface area contributed by atoms with E-state index < -0.39 is 0 Å². The molecule has 28 heavy (non-hydrogen) atoms. The largest absolute Gasteiger partial charge is 0.360 e. The highest BCUT2D eigenvalue weighted by Crippen LogP contribution is 2.33. The molecule has 0 spiro atoms. The third-order valence-electron chi connectivity index (χ3n) is 5.93. The number of anilines is 1. The number of hydrogen-bond acceptors (Lipinski definition) is 4. The van der Waals surface area contributed by atoms with Gasteiger partial charge in [0, 0.05) is 54.4 Å². The Kier molecular flexibility index (Phi) is 3.49. The number of para-hydroxylation sites is 1. The van der Waals surface area contributed by atoms with Crippen LogP contribution in [-0.2, 0) is 26.1 Å². The summed E-state index contributed by atoms with van der Waals surface area (Å²) in [6.45, 7) is 3.56. The minimum absolute atomic E-state index is 0.810. The first kappa shape index (κ1) is 15.8. The maximum atomic E-state index is 5.09. The molecule has 4 heterocycles. The van der Waals surface area contributed by atoms with E-state index in [9.17, 15) is 0 Å². The number of H-pyrrole nitrogens is 1. The number of fused-ring (bicyclic) bond motifs is 3. The lowest BCUT2D eigenvalue weighted by atomic mass is 9.99. The first-order valence-corrected chi connectivity index (χ1v) is 9.85. The van der Waals surface area contributed by atoms with Crippen molar-refractivity contribution < 1.29 is 0 Å². The predicted octanol–water partition coefficient (Wildman–Crippen LogP) is 3.79. The van der Waals surface area contributed by atoms with Crippen molar-refractivity contribution >= 4 is 16.7 Å². The van der Waals surface area contributed by atoms with Gasteiger partial charge in [-0.2, -0.15) is 0 Å². The number of nitrogens with zero attached hydrogens (tertiary/aromatic N) is 3. The molecule has 0 aliphatic carbocycles. The van der Waals surface area contributed by atoms with E-state index in [2.05, 4.69) is 57.7 Å².